The molecule has 3 heterocycles. The van der Waals surface area contributed by atoms with Crippen LogP contribution in [0.4, 0.5) is 11.6 Å². The van der Waals surface area contributed by atoms with Gasteiger partial charge in [0.2, 0.25) is 0 Å². The Bertz CT molecular complexity index is 863. The highest BCUT2D eigenvalue weighted by Gasteiger charge is 2.25. The first kappa shape index (κ1) is 15.8. The van der Waals surface area contributed by atoms with Gasteiger partial charge in [-0.2, -0.15) is 9.61 Å². The third-order valence-electron chi connectivity index (χ3n) is 4.66. The van der Waals surface area contributed by atoms with Crippen LogP contribution in [0.2, 0.25) is 0 Å². The van der Waals surface area contributed by atoms with E-state index in [0.717, 1.165) is 47.7 Å². The van der Waals surface area contributed by atoms with Crippen molar-refractivity contribution in [1.29, 1.82) is 0 Å². The maximum Gasteiger partial charge on any atom is 0.162 e. The predicted molar refractivity (Wildman–Crippen MR) is 96.6 cm³/mol. The summed E-state index contributed by atoms with van der Waals surface area (Å²) in [6, 6.07) is 5.96. The molecule has 2 atom stereocenters. The Morgan fingerprint density at radius 3 is 3.00 bits per heavy atom. The Kier molecular flexibility index (Phi) is 4.23. The van der Waals surface area contributed by atoms with E-state index in [-0.39, 0.29) is 12.1 Å². The van der Waals surface area contributed by atoms with Crippen molar-refractivity contribution in [2.45, 2.75) is 44.9 Å². The summed E-state index contributed by atoms with van der Waals surface area (Å²) in [4.78, 5) is 8.82. The van der Waals surface area contributed by atoms with Gasteiger partial charge >= 0.3 is 0 Å². The van der Waals surface area contributed by atoms with Crippen LogP contribution in [-0.2, 0) is 6.54 Å². The summed E-state index contributed by atoms with van der Waals surface area (Å²) in [5, 5.41) is 21.3. The van der Waals surface area contributed by atoms with Crippen LogP contribution in [0.25, 0.3) is 5.65 Å². The van der Waals surface area contributed by atoms with Gasteiger partial charge in [-0.15, -0.1) is 0 Å². The predicted octanol–water partition coefficient (Wildman–Crippen LogP) is 2.37. The van der Waals surface area contributed by atoms with Gasteiger partial charge in [0, 0.05) is 30.6 Å². The molecule has 0 aromatic carbocycles. The Morgan fingerprint density at radius 1 is 1.32 bits per heavy atom. The molecule has 7 nitrogen and oxygen atoms in total. The number of nitrogens with zero attached hydrogens (tertiary/aromatic N) is 4. The lowest BCUT2D eigenvalue weighted by Crippen LogP contribution is -2.28. The monoisotopic (exact) mass is 338 g/mol. The zero-order valence-electron chi connectivity index (χ0n) is 14.2. The summed E-state index contributed by atoms with van der Waals surface area (Å²) in [5.74, 6) is 1.62. The second kappa shape index (κ2) is 6.68. The van der Waals surface area contributed by atoms with E-state index >= 15 is 0 Å². The smallest absolute Gasteiger partial charge is 0.162 e. The molecule has 1 aliphatic carbocycles. The Balaban J connectivity index is 1.62. The minimum Gasteiger partial charge on any atom is -0.391 e. The van der Waals surface area contributed by atoms with Crippen molar-refractivity contribution in [3.63, 3.8) is 0 Å². The quantitative estimate of drug-likeness (QED) is 0.662. The molecule has 1 aliphatic rings. The van der Waals surface area contributed by atoms with E-state index in [1.807, 2.05) is 42.0 Å². The number of aliphatic hydroxyl groups excluding tert-OH is 1. The number of aliphatic hydroxyl groups is 1. The van der Waals surface area contributed by atoms with Crippen molar-refractivity contribution in [2.75, 3.05) is 10.6 Å². The number of hydrogen-bond donors (Lipinski definition) is 3. The molecule has 0 saturated heterocycles. The van der Waals surface area contributed by atoms with E-state index in [1.54, 1.807) is 6.20 Å². The van der Waals surface area contributed by atoms with Crippen LogP contribution in [0.3, 0.4) is 0 Å². The highest BCUT2D eigenvalue weighted by molar-refractivity contribution is 5.60. The van der Waals surface area contributed by atoms with E-state index in [4.69, 9.17) is 0 Å². The van der Waals surface area contributed by atoms with Gasteiger partial charge in [-0.3, -0.25) is 4.98 Å². The van der Waals surface area contributed by atoms with E-state index in [1.165, 1.54) is 0 Å². The van der Waals surface area contributed by atoms with Gasteiger partial charge in [0.05, 0.1) is 18.3 Å². The standard InChI is InChI=1S/C18H22N6O/c1-12-9-21-24-17(20-11-13-4-3-7-19-10-13)8-16(23-18(12)24)22-14-5-2-6-15(14)25/h3-4,7-10,14-15,20,25H,2,5-6,11H2,1H3,(H,22,23)/t14?,15-/m0/s1. The van der Waals surface area contributed by atoms with Crippen LogP contribution in [0.5, 0.6) is 0 Å². The lowest BCUT2D eigenvalue weighted by molar-refractivity contribution is 0.171. The first-order valence-corrected chi connectivity index (χ1v) is 8.63. The number of rotatable bonds is 5. The first-order chi connectivity index (χ1) is 12.2. The van der Waals surface area contributed by atoms with Crippen LogP contribution in [0.1, 0.15) is 30.4 Å². The molecule has 0 spiro atoms. The van der Waals surface area contributed by atoms with Gasteiger partial charge in [-0.05, 0) is 37.8 Å². The molecule has 0 amide bonds. The summed E-state index contributed by atoms with van der Waals surface area (Å²) in [6.45, 7) is 2.64. The molecule has 4 rings (SSSR count). The zero-order chi connectivity index (χ0) is 17.2. The molecule has 3 aromatic rings. The molecule has 1 fully saturated rings. The van der Waals surface area contributed by atoms with E-state index in [2.05, 4.69) is 25.7 Å². The summed E-state index contributed by atoms with van der Waals surface area (Å²) in [7, 11) is 0. The highest BCUT2D eigenvalue weighted by Crippen LogP contribution is 2.25. The van der Waals surface area contributed by atoms with Gasteiger partial charge < -0.3 is 15.7 Å². The number of aryl methyl sites for hydroxylation is 1. The molecule has 7 heteroatoms. The molecule has 1 saturated carbocycles. The molecule has 3 N–H and O–H groups in total. The summed E-state index contributed by atoms with van der Waals surface area (Å²) in [6.07, 6.45) is 7.96. The van der Waals surface area contributed by atoms with Crippen LogP contribution in [0.15, 0.2) is 36.8 Å². The van der Waals surface area contributed by atoms with Crippen molar-refractivity contribution in [3.8, 4) is 0 Å². The summed E-state index contributed by atoms with van der Waals surface area (Å²) >= 11 is 0. The SMILES string of the molecule is Cc1cnn2c(NCc3cccnc3)cc(NC3CCC[C@@H]3O)nc12. The van der Waals surface area contributed by atoms with Gasteiger partial charge in [0.25, 0.3) is 0 Å². The maximum absolute atomic E-state index is 10.1. The Morgan fingerprint density at radius 2 is 2.24 bits per heavy atom. The third-order valence-corrected chi connectivity index (χ3v) is 4.66. The third kappa shape index (κ3) is 3.28. The lowest BCUT2D eigenvalue weighted by atomic mass is 10.2. The van der Waals surface area contributed by atoms with E-state index in [0.29, 0.717) is 6.54 Å². The van der Waals surface area contributed by atoms with Gasteiger partial charge in [0.15, 0.2) is 5.65 Å². The number of nitrogens with one attached hydrogen (secondary N) is 2. The van der Waals surface area contributed by atoms with Crippen molar-refractivity contribution in [1.82, 2.24) is 19.6 Å². The molecule has 130 valence electrons. The van der Waals surface area contributed by atoms with E-state index < -0.39 is 0 Å². The fourth-order valence-electron chi connectivity index (χ4n) is 3.27. The summed E-state index contributed by atoms with van der Waals surface area (Å²) in [5.41, 5.74) is 2.92. The molecular weight excluding hydrogens is 316 g/mol. The molecule has 0 bridgehead atoms. The van der Waals surface area contributed by atoms with Crippen LogP contribution in [-0.4, -0.2) is 36.8 Å². The number of anilines is 2. The van der Waals surface area contributed by atoms with E-state index in [9.17, 15) is 5.11 Å². The fourth-order valence-corrected chi connectivity index (χ4v) is 3.27. The van der Waals surface area contributed by atoms with Gasteiger partial charge in [-0.25, -0.2) is 4.98 Å². The molecule has 25 heavy (non-hydrogen) atoms. The second-order valence-corrected chi connectivity index (χ2v) is 6.55. The normalized spacial score (nSPS) is 20.1. The van der Waals surface area contributed by atoms with Crippen LogP contribution >= 0.6 is 0 Å². The lowest BCUT2D eigenvalue weighted by Gasteiger charge is -2.18. The Hall–Kier alpha value is -2.67. The topological polar surface area (TPSA) is 87.4 Å². The molecule has 1 unspecified atom stereocenters. The largest absolute Gasteiger partial charge is 0.391 e. The first-order valence-electron chi connectivity index (χ1n) is 8.63. The minimum atomic E-state index is -0.309. The van der Waals surface area contributed by atoms with Crippen molar-refractivity contribution in [2.24, 2.45) is 0 Å². The molecule has 0 radical (unpaired) electrons. The number of aromatic nitrogens is 4. The van der Waals surface area contributed by atoms with Gasteiger partial charge in [0.1, 0.15) is 11.6 Å². The van der Waals surface area contributed by atoms with Crippen molar-refractivity contribution in [3.05, 3.63) is 47.9 Å². The van der Waals surface area contributed by atoms with Gasteiger partial charge in [-0.1, -0.05) is 6.07 Å². The second-order valence-electron chi connectivity index (χ2n) is 6.55. The average Bonchev–Trinajstić information content (AvgIpc) is 3.20. The molecular formula is C18H22N6O. The van der Waals surface area contributed by atoms with Crippen molar-refractivity contribution < 1.29 is 5.11 Å². The van der Waals surface area contributed by atoms with Crippen LogP contribution in [0, 0.1) is 6.92 Å². The molecule has 3 aromatic heterocycles. The Labute approximate surface area is 146 Å². The molecule has 0 aliphatic heterocycles. The average molecular weight is 338 g/mol. The number of pyridine rings is 1. The minimum absolute atomic E-state index is 0.0596. The van der Waals surface area contributed by atoms with Crippen LogP contribution < -0.4 is 10.6 Å². The number of fused-ring (bicyclic) bond motifs is 1. The highest BCUT2D eigenvalue weighted by atomic mass is 16.3. The maximum atomic E-state index is 10.1. The fraction of sp³-hybridized carbons (Fsp3) is 0.389. The van der Waals surface area contributed by atoms with Crippen molar-refractivity contribution >= 4 is 17.3 Å². The number of hydrogen-bond acceptors (Lipinski definition) is 6. The zero-order valence-corrected chi connectivity index (χ0v) is 14.2. The summed E-state index contributed by atoms with van der Waals surface area (Å²) < 4.78 is 1.81.